The average molecular weight is 210 g/mol. The number of nitrogens with two attached hydrogens (primary N) is 1. The van der Waals surface area contributed by atoms with E-state index >= 15 is 0 Å². The second-order valence-electron chi connectivity index (χ2n) is 3.93. The van der Waals surface area contributed by atoms with Crippen LogP contribution in [0.1, 0.15) is 19.5 Å². The van der Waals surface area contributed by atoms with Crippen LogP contribution in [0, 0.1) is 12.8 Å². The number of aliphatic hydroxyl groups is 1. The molecular weight excluding hydrogens is 192 g/mol. The van der Waals surface area contributed by atoms with Crippen LogP contribution in [0.3, 0.4) is 0 Å². The molecule has 1 atom stereocenters. The normalized spacial score (nSPS) is 12.9. The lowest BCUT2D eigenvalue weighted by atomic mass is 10.1. The van der Waals surface area contributed by atoms with Crippen LogP contribution in [-0.4, -0.2) is 27.7 Å². The van der Waals surface area contributed by atoms with Crippen LogP contribution in [0.15, 0.2) is 6.07 Å². The van der Waals surface area contributed by atoms with Crippen molar-refractivity contribution in [3.63, 3.8) is 0 Å². The van der Waals surface area contributed by atoms with Crippen molar-refractivity contribution in [1.82, 2.24) is 9.97 Å². The number of nitrogen functional groups attached to an aromatic ring is 1. The van der Waals surface area contributed by atoms with Crippen LogP contribution < -0.4 is 11.1 Å². The van der Waals surface area contributed by atoms with Gasteiger partial charge in [0.05, 0.1) is 12.6 Å². The number of rotatable bonds is 4. The molecule has 0 saturated carbocycles. The number of nitrogens with one attached hydrogen (secondary N) is 1. The lowest BCUT2D eigenvalue weighted by Gasteiger charge is -2.20. The molecule has 1 aromatic heterocycles. The van der Waals surface area contributed by atoms with Crippen molar-refractivity contribution in [2.75, 3.05) is 17.7 Å². The molecule has 0 aliphatic rings. The molecule has 4 N–H and O–H groups in total. The van der Waals surface area contributed by atoms with Gasteiger partial charge in [0.15, 0.2) is 0 Å². The smallest absolute Gasteiger partial charge is 0.222 e. The Labute approximate surface area is 89.7 Å². The van der Waals surface area contributed by atoms with Crippen molar-refractivity contribution in [2.24, 2.45) is 5.92 Å². The van der Waals surface area contributed by atoms with Crippen LogP contribution in [0.25, 0.3) is 0 Å². The van der Waals surface area contributed by atoms with E-state index in [2.05, 4.69) is 15.3 Å². The fraction of sp³-hybridized carbons (Fsp3) is 0.600. The number of hydrogen-bond acceptors (Lipinski definition) is 5. The number of anilines is 2. The predicted molar refractivity (Wildman–Crippen MR) is 60.5 cm³/mol. The molecule has 0 aliphatic carbocycles. The zero-order valence-corrected chi connectivity index (χ0v) is 9.36. The standard InChI is InChI=1S/C10H18N4O/c1-6(2)8(5-15)13-9-4-7(3)12-10(11)14-9/h4,6,8,15H,5H2,1-3H3,(H3,11,12,13,14). The van der Waals surface area contributed by atoms with Crippen molar-refractivity contribution < 1.29 is 5.11 Å². The fourth-order valence-electron chi connectivity index (χ4n) is 1.28. The summed E-state index contributed by atoms with van der Waals surface area (Å²) in [6, 6.07) is 1.79. The molecule has 15 heavy (non-hydrogen) atoms. The Kier molecular flexibility index (Phi) is 3.85. The third-order valence-corrected chi connectivity index (χ3v) is 2.21. The summed E-state index contributed by atoms with van der Waals surface area (Å²) >= 11 is 0. The Morgan fingerprint density at radius 2 is 2.13 bits per heavy atom. The van der Waals surface area contributed by atoms with Crippen molar-refractivity contribution in [1.29, 1.82) is 0 Å². The topological polar surface area (TPSA) is 84.1 Å². The summed E-state index contributed by atoms with van der Waals surface area (Å²) in [5.41, 5.74) is 6.34. The number of aryl methyl sites for hydroxylation is 1. The quantitative estimate of drug-likeness (QED) is 0.684. The van der Waals surface area contributed by atoms with Crippen LogP contribution in [0.5, 0.6) is 0 Å². The molecule has 5 nitrogen and oxygen atoms in total. The van der Waals surface area contributed by atoms with Gasteiger partial charge in [-0.05, 0) is 12.8 Å². The molecule has 84 valence electrons. The monoisotopic (exact) mass is 210 g/mol. The van der Waals surface area contributed by atoms with Gasteiger partial charge in [0.2, 0.25) is 5.95 Å². The first-order valence-corrected chi connectivity index (χ1v) is 5.01. The summed E-state index contributed by atoms with van der Waals surface area (Å²) in [4.78, 5) is 8.03. The molecule has 0 aliphatic heterocycles. The van der Waals surface area contributed by atoms with Gasteiger partial charge in [-0.15, -0.1) is 0 Å². The third kappa shape index (κ3) is 3.36. The molecule has 1 unspecified atom stereocenters. The van der Waals surface area contributed by atoms with Gasteiger partial charge in [0.25, 0.3) is 0 Å². The minimum absolute atomic E-state index is 0.0151. The second kappa shape index (κ2) is 4.93. The summed E-state index contributed by atoms with van der Waals surface area (Å²) in [5.74, 6) is 1.23. The molecule has 5 heteroatoms. The van der Waals surface area contributed by atoms with Gasteiger partial charge in [0, 0.05) is 11.8 Å². The predicted octanol–water partition coefficient (Wildman–Crippen LogP) is 0.796. The van der Waals surface area contributed by atoms with E-state index < -0.39 is 0 Å². The highest BCUT2D eigenvalue weighted by Gasteiger charge is 2.12. The third-order valence-electron chi connectivity index (χ3n) is 2.21. The molecule has 0 fully saturated rings. The maximum atomic E-state index is 9.16. The zero-order chi connectivity index (χ0) is 11.4. The van der Waals surface area contributed by atoms with Crippen molar-refractivity contribution in [3.05, 3.63) is 11.8 Å². The lowest BCUT2D eigenvalue weighted by molar-refractivity contribution is 0.249. The van der Waals surface area contributed by atoms with Gasteiger partial charge in [-0.25, -0.2) is 4.98 Å². The summed E-state index contributed by atoms with van der Waals surface area (Å²) < 4.78 is 0. The summed E-state index contributed by atoms with van der Waals surface area (Å²) in [6.07, 6.45) is 0. The minimum atomic E-state index is -0.0151. The maximum Gasteiger partial charge on any atom is 0.222 e. The van der Waals surface area contributed by atoms with Crippen molar-refractivity contribution in [3.8, 4) is 0 Å². The Bertz CT molecular complexity index is 307. The van der Waals surface area contributed by atoms with E-state index in [0.29, 0.717) is 11.7 Å². The molecule has 0 amide bonds. The van der Waals surface area contributed by atoms with E-state index in [1.807, 2.05) is 20.8 Å². The van der Waals surface area contributed by atoms with E-state index in [1.165, 1.54) is 0 Å². The van der Waals surface area contributed by atoms with E-state index in [4.69, 9.17) is 10.8 Å². The molecular formula is C10H18N4O. The molecule has 1 heterocycles. The molecule has 1 aromatic rings. The molecule has 0 aromatic carbocycles. The van der Waals surface area contributed by atoms with Crippen LogP contribution >= 0.6 is 0 Å². The van der Waals surface area contributed by atoms with E-state index in [0.717, 1.165) is 5.69 Å². The SMILES string of the molecule is Cc1cc(NC(CO)C(C)C)nc(N)n1. The van der Waals surface area contributed by atoms with Gasteiger partial charge >= 0.3 is 0 Å². The van der Waals surface area contributed by atoms with E-state index in [-0.39, 0.29) is 18.6 Å². The zero-order valence-electron chi connectivity index (χ0n) is 9.36. The first-order valence-electron chi connectivity index (χ1n) is 5.01. The number of aliphatic hydroxyl groups excluding tert-OH is 1. The van der Waals surface area contributed by atoms with Gasteiger partial charge in [-0.2, -0.15) is 4.98 Å². The first-order chi connectivity index (χ1) is 7.02. The Morgan fingerprint density at radius 1 is 1.47 bits per heavy atom. The van der Waals surface area contributed by atoms with Crippen LogP contribution in [0.2, 0.25) is 0 Å². The Hall–Kier alpha value is -1.36. The van der Waals surface area contributed by atoms with Gasteiger partial charge in [-0.1, -0.05) is 13.8 Å². The van der Waals surface area contributed by atoms with E-state index in [9.17, 15) is 0 Å². The molecule has 0 bridgehead atoms. The maximum absolute atomic E-state index is 9.16. The highest BCUT2D eigenvalue weighted by Crippen LogP contribution is 2.12. The average Bonchev–Trinajstić information content (AvgIpc) is 2.12. The summed E-state index contributed by atoms with van der Waals surface area (Å²) in [5, 5.41) is 12.3. The minimum Gasteiger partial charge on any atom is -0.394 e. The summed E-state index contributed by atoms with van der Waals surface area (Å²) in [7, 11) is 0. The first kappa shape index (κ1) is 11.7. The number of aromatic nitrogens is 2. The highest BCUT2D eigenvalue weighted by molar-refractivity contribution is 5.41. The Balaban J connectivity index is 2.79. The number of hydrogen-bond donors (Lipinski definition) is 3. The van der Waals surface area contributed by atoms with Gasteiger partial charge < -0.3 is 16.2 Å². The van der Waals surface area contributed by atoms with Gasteiger partial charge in [-0.3, -0.25) is 0 Å². The number of nitrogens with zero attached hydrogens (tertiary/aromatic N) is 2. The van der Waals surface area contributed by atoms with Gasteiger partial charge in [0.1, 0.15) is 5.82 Å². The molecule has 0 spiro atoms. The second-order valence-corrected chi connectivity index (χ2v) is 3.93. The van der Waals surface area contributed by atoms with Crippen molar-refractivity contribution in [2.45, 2.75) is 26.8 Å². The fourth-order valence-corrected chi connectivity index (χ4v) is 1.28. The van der Waals surface area contributed by atoms with Crippen molar-refractivity contribution >= 4 is 11.8 Å². The summed E-state index contributed by atoms with van der Waals surface area (Å²) in [6.45, 7) is 5.99. The van der Waals surface area contributed by atoms with Crippen LogP contribution in [-0.2, 0) is 0 Å². The lowest BCUT2D eigenvalue weighted by Crippen LogP contribution is -2.30. The molecule has 0 radical (unpaired) electrons. The molecule has 1 rings (SSSR count). The van der Waals surface area contributed by atoms with Crippen LogP contribution in [0.4, 0.5) is 11.8 Å². The largest absolute Gasteiger partial charge is 0.394 e. The Morgan fingerprint density at radius 3 is 2.60 bits per heavy atom. The molecule has 0 saturated heterocycles. The highest BCUT2D eigenvalue weighted by atomic mass is 16.3. The van der Waals surface area contributed by atoms with E-state index in [1.54, 1.807) is 6.07 Å².